The first-order valence-electron chi connectivity index (χ1n) is 4.01. The molecular formula is C9H4N4S. The summed E-state index contributed by atoms with van der Waals surface area (Å²) in [5.74, 6) is 0.750. The van der Waals surface area contributed by atoms with Crippen molar-refractivity contribution in [2.75, 3.05) is 4.72 Å². The summed E-state index contributed by atoms with van der Waals surface area (Å²) in [5, 5.41) is 18.6. The molecule has 0 saturated carbocycles. The number of nitrogens with one attached hydrogen (secondary N) is 1. The van der Waals surface area contributed by atoms with E-state index in [0.717, 1.165) is 21.5 Å². The van der Waals surface area contributed by atoms with Gasteiger partial charge in [-0.3, -0.25) is 0 Å². The Labute approximate surface area is 84.1 Å². The van der Waals surface area contributed by atoms with Crippen LogP contribution in [-0.2, 0) is 0 Å². The molecule has 0 bridgehead atoms. The Bertz CT molecular complexity index is 563. The Kier molecular flexibility index (Phi) is 1.41. The molecule has 1 aliphatic rings. The number of hydrogen-bond acceptors (Lipinski definition) is 5. The molecule has 0 atom stereocenters. The maximum absolute atomic E-state index is 8.91. The van der Waals surface area contributed by atoms with Crippen LogP contribution in [0.5, 0.6) is 0 Å². The van der Waals surface area contributed by atoms with Crippen molar-refractivity contribution in [1.29, 1.82) is 5.26 Å². The quantitative estimate of drug-likeness (QED) is 0.658. The first kappa shape index (κ1) is 7.59. The molecule has 2 heterocycles. The lowest BCUT2D eigenvalue weighted by molar-refractivity contribution is 1.06. The van der Waals surface area contributed by atoms with Crippen molar-refractivity contribution >= 4 is 28.5 Å². The van der Waals surface area contributed by atoms with Gasteiger partial charge in [-0.25, -0.2) is 0 Å². The van der Waals surface area contributed by atoms with Gasteiger partial charge in [-0.1, -0.05) is 0 Å². The standard InChI is InChI=1S/C9H4N4S/c10-3-5-1-2-7-8-6(5)4-11-12-9(8)13-14-7/h1-2,4H,(H,12,13). The largest absolute Gasteiger partial charge is 0.308 e. The van der Waals surface area contributed by atoms with Crippen molar-refractivity contribution in [3.63, 3.8) is 0 Å². The molecule has 0 fully saturated rings. The third-order valence-electron chi connectivity index (χ3n) is 2.17. The number of nitrogens with zero attached hydrogens (tertiary/aromatic N) is 3. The van der Waals surface area contributed by atoms with E-state index < -0.39 is 0 Å². The van der Waals surface area contributed by atoms with Gasteiger partial charge in [0.25, 0.3) is 0 Å². The molecular weight excluding hydrogens is 196 g/mol. The zero-order valence-corrected chi connectivity index (χ0v) is 7.80. The normalized spacial score (nSPS) is 12.5. The van der Waals surface area contributed by atoms with E-state index >= 15 is 0 Å². The summed E-state index contributed by atoms with van der Waals surface area (Å²) in [5.41, 5.74) is 0.643. The minimum Gasteiger partial charge on any atom is -0.308 e. The number of aromatic nitrogens is 2. The molecule has 5 heteroatoms. The fraction of sp³-hybridized carbons (Fsp3) is 0. The number of nitriles is 1. The van der Waals surface area contributed by atoms with Crippen LogP contribution in [-0.4, -0.2) is 10.2 Å². The summed E-state index contributed by atoms with van der Waals surface area (Å²) in [6.07, 6.45) is 1.63. The highest BCUT2D eigenvalue weighted by Crippen LogP contribution is 2.39. The third-order valence-corrected chi connectivity index (χ3v) is 3.02. The van der Waals surface area contributed by atoms with E-state index in [1.54, 1.807) is 6.20 Å². The molecule has 66 valence electrons. The monoisotopic (exact) mass is 200 g/mol. The average Bonchev–Trinajstić information content (AvgIpc) is 2.65. The van der Waals surface area contributed by atoms with Gasteiger partial charge in [0.05, 0.1) is 17.8 Å². The average molecular weight is 200 g/mol. The highest BCUT2D eigenvalue weighted by atomic mass is 32.2. The van der Waals surface area contributed by atoms with Gasteiger partial charge in [0.1, 0.15) is 0 Å². The highest BCUT2D eigenvalue weighted by Gasteiger charge is 2.17. The van der Waals surface area contributed by atoms with E-state index in [1.807, 2.05) is 12.1 Å². The Balaban J connectivity index is 2.55. The van der Waals surface area contributed by atoms with Gasteiger partial charge in [-0.2, -0.15) is 10.4 Å². The molecule has 0 amide bonds. The van der Waals surface area contributed by atoms with Crippen molar-refractivity contribution in [3.05, 3.63) is 23.9 Å². The maximum atomic E-state index is 8.91. The lowest BCUT2D eigenvalue weighted by Crippen LogP contribution is -1.88. The fourth-order valence-electron chi connectivity index (χ4n) is 1.53. The second-order valence-electron chi connectivity index (χ2n) is 2.91. The van der Waals surface area contributed by atoms with Gasteiger partial charge >= 0.3 is 0 Å². The van der Waals surface area contributed by atoms with Crippen LogP contribution in [0.2, 0.25) is 0 Å². The molecule has 3 rings (SSSR count). The highest BCUT2D eigenvalue weighted by molar-refractivity contribution is 8.01. The summed E-state index contributed by atoms with van der Waals surface area (Å²) in [6.45, 7) is 0. The van der Waals surface area contributed by atoms with Crippen LogP contribution in [0.25, 0.3) is 10.8 Å². The Hall–Kier alpha value is -1.80. The van der Waals surface area contributed by atoms with Crippen molar-refractivity contribution in [2.24, 2.45) is 0 Å². The van der Waals surface area contributed by atoms with Crippen molar-refractivity contribution in [1.82, 2.24) is 10.2 Å². The number of hydrogen-bond donors (Lipinski definition) is 1. The number of benzene rings is 1. The summed E-state index contributed by atoms with van der Waals surface area (Å²) >= 11 is 1.50. The zero-order chi connectivity index (χ0) is 9.54. The summed E-state index contributed by atoms with van der Waals surface area (Å²) in [6, 6.07) is 5.88. The van der Waals surface area contributed by atoms with E-state index in [2.05, 4.69) is 21.0 Å². The smallest absolute Gasteiger partial charge is 0.167 e. The van der Waals surface area contributed by atoms with Crippen LogP contribution in [0.15, 0.2) is 23.2 Å². The number of anilines is 1. The molecule has 0 radical (unpaired) electrons. The SMILES string of the molecule is N#Cc1ccc2c3c(nncc13)NS2. The Morgan fingerprint density at radius 1 is 1.43 bits per heavy atom. The molecule has 0 saturated heterocycles. The van der Waals surface area contributed by atoms with Crippen LogP contribution < -0.4 is 4.72 Å². The molecule has 1 aliphatic heterocycles. The van der Waals surface area contributed by atoms with Gasteiger partial charge < -0.3 is 4.72 Å². The Morgan fingerprint density at radius 3 is 3.21 bits per heavy atom. The van der Waals surface area contributed by atoms with E-state index in [-0.39, 0.29) is 0 Å². The minimum atomic E-state index is 0.643. The van der Waals surface area contributed by atoms with Crippen LogP contribution in [0.4, 0.5) is 5.82 Å². The predicted molar refractivity (Wildman–Crippen MR) is 53.7 cm³/mol. The second-order valence-corrected chi connectivity index (χ2v) is 3.76. The molecule has 0 unspecified atom stereocenters. The van der Waals surface area contributed by atoms with Gasteiger partial charge in [0.15, 0.2) is 5.82 Å². The van der Waals surface area contributed by atoms with Gasteiger partial charge in [-0.05, 0) is 24.1 Å². The number of rotatable bonds is 0. The van der Waals surface area contributed by atoms with E-state index in [0.29, 0.717) is 5.56 Å². The van der Waals surface area contributed by atoms with E-state index in [1.165, 1.54) is 11.9 Å². The lowest BCUT2D eigenvalue weighted by Gasteiger charge is -1.98. The predicted octanol–water partition coefficient (Wildman–Crippen LogP) is 1.93. The summed E-state index contributed by atoms with van der Waals surface area (Å²) in [7, 11) is 0. The van der Waals surface area contributed by atoms with Crippen LogP contribution in [0.3, 0.4) is 0 Å². The first-order chi connectivity index (χ1) is 6.90. The molecule has 1 aromatic heterocycles. The third kappa shape index (κ3) is 0.833. The Morgan fingerprint density at radius 2 is 2.36 bits per heavy atom. The van der Waals surface area contributed by atoms with Crippen molar-refractivity contribution < 1.29 is 0 Å². The lowest BCUT2D eigenvalue weighted by atomic mass is 10.1. The van der Waals surface area contributed by atoms with Crippen LogP contribution >= 0.6 is 11.9 Å². The summed E-state index contributed by atoms with van der Waals surface area (Å²) < 4.78 is 3.06. The zero-order valence-electron chi connectivity index (χ0n) is 6.98. The van der Waals surface area contributed by atoms with Crippen LogP contribution in [0.1, 0.15) is 5.56 Å². The minimum absolute atomic E-state index is 0.643. The van der Waals surface area contributed by atoms with Gasteiger partial charge in [-0.15, -0.1) is 5.10 Å². The van der Waals surface area contributed by atoms with Gasteiger partial charge in [0.2, 0.25) is 0 Å². The first-order valence-corrected chi connectivity index (χ1v) is 4.83. The molecule has 0 spiro atoms. The molecule has 2 aromatic rings. The van der Waals surface area contributed by atoms with Crippen molar-refractivity contribution in [2.45, 2.75) is 4.90 Å². The van der Waals surface area contributed by atoms with E-state index in [4.69, 9.17) is 5.26 Å². The molecule has 4 nitrogen and oxygen atoms in total. The van der Waals surface area contributed by atoms with E-state index in [9.17, 15) is 0 Å². The fourth-order valence-corrected chi connectivity index (χ4v) is 2.32. The molecule has 14 heavy (non-hydrogen) atoms. The van der Waals surface area contributed by atoms with Crippen LogP contribution in [0, 0.1) is 11.3 Å². The summed E-state index contributed by atoms with van der Waals surface area (Å²) in [4.78, 5) is 1.10. The molecule has 0 aliphatic carbocycles. The van der Waals surface area contributed by atoms with Crippen molar-refractivity contribution in [3.8, 4) is 6.07 Å². The molecule has 1 N–H and O–H groups in total. The maximum Gasteiger partial charge on any atom is 0.167 e. The second kappa shape index (κ2) is 2.59. The van der Waals surface area contributed by atoms with Gasteiger partial charge in [0, 0.05) is 15.7 Å². The molecule has 1 aromatic carbocycles. The topological polar surface area (TPSA) is 61.6 Å².